The fourth-order valence-electron chi connectivity index (χ4n) is 0.488. The summed E-state index contributed by atoms with van der Waals surface area (Å²) in [4.78, 5) is 0.840. The lowest BCUT2D eigenvalue weighted by Crippen LogP contribution is -1.83. The molecular formula is C6H7NS. The van der Waals surface area contributed by atoms with Crippen molar-refractivity contribution in [3.8, 4) is 0 Å². The van der Waals surface area contributed by atoms with Crippen LogP contribution in [0.4, 0.5) is 5.69 Å². The number of hydrogen-bond acceptors (Lipinski definition) is 2. The Bertz CT molecular complexity index is 165. The monoisotopic (exact) mass is 131 g/mol. The first-order valence-corrected chi connectivity index (χ1v) is 2.79. The topological polar surface area (TPSA) is 26.0 Å². The van der Waals surface area contributed by atoms with Gasteiger partial charge in [-0.15, -0.1) is 12.6 Å². The predicted molar refractivity (Wildman–Crippen MR) is 38.1 cm³/mol. The van der Waals surface area contributed by atoms with Crippen molar-refractivity contribution in [2.24, 2.45) is 0 Å². The predicted octanol–water partition coefficient (Wildman–Crippen LogP) is 1.56. The van der Waals surface area contributed by atoms with Crippen LogP contribution in [0.15, 0.2) is 29.2 Å². The molecular weight excluding hydrogens is 124 g/mol. The zero-order chi connectivity index (χ0) is 5.98. The Kier molecular flexibility index (Phi) is 1.44. The molecule has 0 atom stereocenters. The molecule has 8 heavy (non-hydrogen) atoms. The molecule has 0 fully saturated rings. The summed E-state index contributed by atoms with van der Waals surface area (Å²) in [6.45, 7) is 0. The number of rotatable bonds is 0. The van der Waals surface area contributed by atoms with Crippen molar-refractivity contribution in [3.05, 3.63) is 24.3 Å². The second-order valence-electron chi connectivity index (χ2n) is 1.56. The average Bonchev–Trinajstić information content (AvgIpc) is 1.77. The van der Waals surface area contributed by atoms with E-state index in [4.69, 9.17) is 5.73 Å². The van der Waals surface area contributed by atoms with Crippen LogP contribution >= 0.6 is 12.6 Å². The van der Waals surface area contributed by atoms with Crippen LogP contribution in [-0.4, -0.2) is 0 Å². The Morgan fingerprint density at radius 1 is 1.25 bits per heavy atom. The number of benzene rings is 1. The Morgan fingerprint density at radius 2 is 1.88 bits per heavy atom. The van der Waals surface area contributed by atoms with E-state index < -0.39 is 0 Å². The zero-order valence-corrected chi connectivity index (χ0v) is 5.23. The third kappa shape index (κ3) is 0.954. The molecule has 0 heterocycles. The van der Waals surface area contributed by atoms with Gasteiger partial charge >= 0.3 is 0 Å². The number of hydrogen-bond donors (Lipinski definition) is 2. The highest BCUT2D eigenvalue weighted by molar-refractivity contribution is 7.80. The molecule has 0 amide bonds. The number of nitrogen functional groups attached to an aromatic ring is 1. The maximum atomic E-state index is 5.44. The summed E-state index contributed by atoms with van der Waals surface area (Å²) in [6.07, 6.45) is 0. The molecule has 0 aliphatic heterocycles. The number of anilines is 1. The number of thiol groups is 1. The number of nitrogens with two attached hydrogens (primary N) is 1. The molecule has 1 nitrogen and oxygen atoms in total. The molecule has 0 saturated heterocycles. The first-order chi connectivity index (χ1) is 3.80. The fraction of sp³-hybridized carbons (Fsp3) is 0. The van der Waals surface area contributed by atoms with E-state index >= 15 is 0 Å². The van der Waals surface area contributed by atoms with Crippen molar-refractivity contribution in [1.29, 1.82) is 0 Å². The average molecular weight is 131 g/mol. The molecule has 0 aliphatic carbocycles. The molecule has 0 spiro atoms. The molecule has 0 aromatic heterocycles. The van der Waals surface area contributed by atoms with Crippen molar-refractivity contribution < 1.29 is 0 Å². The minimum absolute atomic E-state index is 0.732. The van der Waals surface area contributed by atoms with Crippen molar-refractivity contribution in [2.75, 3.05) is 5.73 Å². The Morgan fingerprint density at radius 3 is 2.25 bits per heavy atom. The van der Waals surface area contributed by atoms with Gasteiger partial charge in [0.05, 0.1) is 0 Å². The standard InChI is InChI=1S/C6H7NS/c7-5-3-1-2-4-6(5)8/h1-4,8H,7H2/i1+1,2+1,3+1,4+1,5+1,6+1. The third-order valence-electron chi connectivity index (χ3n) is 0.937. The van der Waals surface area contributed by atoms with Gasteiger partial charge in [0.15, 0.2) is 0 Å². The van der Waals surface area contributed by atoms with Gasteiger partial charge in [0.2, 0.25) is 0 Å². The van der Waals surface area contributed by atoms with Crippen LogP contribution in [-0.2, 0) is 0 Å². The van der Waals surface area contributed by atoms with Gasteiger partial charge in [-0.1, -0.05) is 12.1 Å². The number of para-hydroxylation sites is 1. The van der Waals surface area contributed by atoms with Crippen LogP contribution in [0.3, 0.4) is 0 Å². The molecule has 0 radical (unpaired) electrons. The summed E-state index contributed by atoms with van der Waals surface area (Å²) in [6, 6.07) is 7.47. The van der Waals surface area contributed by atoms with Crippen LogP contribution in [0.25, 0.3) is 0 Å². The summed E-state index contributed by atoms with van der Waals surface area (Å²) in [5.74, 6) is 0. The first-order valence-electron chi connectivity index (χ1n) is 2.34. The smallest absolute Gasteiger partial charge is 0.0449 e. The quantitative estimate of drug-likeness (QED) is 0.405. The highest BCUT2D eigenvalue weighted by Crippen LogP contribution is 2.13. The van der Waals surface area contributed by atoms with Gasteiger partial charge in [0.1, 0.15) is 0 Å². The van der Waals surface area contributed by atoms with E-state index in [1.165, 1.54) is 0 Å². The molecule has 0 aliphatic rings. The molecule has 1 aromatic carbocycles. The molecule has 42 valence electrons. The second kappa shape index (κ2) is 2.09. The highest BCUT2D eigenvalue weighted by atomic mass is 32.1. The third-order valence-corrected chi connectivity index (χ3v) is 1.34. The normalized spacial score (nSPS) is 9.12. The molecule has 0 bridgehead atoms. The summed E-state index contributed by atoms with van der Waals surface area (Å²) < 4.78 is 0. The molecule has 1 rings (SSSR count). The first kappa shape index (κ1) is 5.51. The molecule has 0 unspecified atom stereocenters. The molecule has 2 N–H and O–H groups in total. The maximum absolute atomic E-state index is 5.44. The van der Waals surface area contributed by atoms with Crippen molar-refractivity contribution in [3.63, 3.8) is 0 Å². The van der Waals surface area contributed by atoms with Crippen molar-refractivity contribution in [1.82, 2.24) is 0 Å². The largest absolute Gasteiger partial charge is 0.398 e. The van der Waals surface area contributed by atoms with E-state index in [9.17, 15) is 0 Å². The zero-order valence-electron chi connectivity index (χ0n) is 4.33. The van der Waals surface area contributed by atoms with Gasteiger partial charge < -0.3 is 5.73 Å². The Hall–Kier alpha value is -0.630. The SMILES string of the molecule is N[13c]1[13cH][13cH][13cH][13cH][13c]1S. The Balaban J connectivity index is 3.13. The van der Waals surface area contributed by atoms with Crippen LogP contribution in [0, 0.1) is 0 Å². The summed E-state index contributed by atoms with van der Waals surface area (Å²) in [7, 11) is 0. The van der Waals surface area contributed by atoms with Gasteiger partial charge in [-0.2, -0.15) is 0 Å². The molecule has 1 aromatic rings. The van der Waals surface area contributed by atoms with Crippen LogP contribution in [0.1, 0.15) is 0 Å². The summed E-state index contributed by atoms with van der Waals surface area (Å²) in [5, 5.41) is 0. The van der Waals surface area contributed by atoms with E-state index in [1.807, 2.05) is 24.3 Å². The summed E-state index contributed by atoms with van der Waals surface area (Å²) >= 11 is 4.07. The van der Waals surface area contributed by atoms with Crippen molar-refractivity contribution >= 4 is 18.3 Å². The van der Waals surface area contributed by atoms with Gasteiger partial charge in [-0.25, -0.2) is 0 Å². The van der Waals surface area contributed by atoms with Gasteiger partial charge in [0.25, 0.3) is 0 Å². The lowest BCUT2D eigenvalue weighted by atomic mass is 11.3. The minimum atomic E-state index is 0.732. The van der Waals surface area contributed by atoms with Gasteiger partial charge in [-0.05, 0) is 12.1 Å². The minimum Gasteiger partial charge on any atom is -0.398 e. The van der Waals surface area contributed by atoms with E-state index in [0.29, 0.717) is 0 Å². The van der Waals surface area contributed by atoms with Crippen LogP contribution in [0.5, 0.6) is 0 Å². The fourth-order valence-corrected chi connectivity index (χ4v) is 0.648. The van der Waals surface area contributed by atoms with Crippen LogP contribution < -0.4 is 5.73 Å². The highest BCUT2D eigenvalue weighted by Gasteiger charge is 1.85. The molecule has 2 heteroatoms. The lowest BCUT2D eigenvalue weighted by Gasteiger charge is -1.92. The second-order valence-corrected chi connectivity index (χ2v) is 2.04. The maximum Gasteiger partial charge on any atom is 0.0449 e. The van der Waals surface area contributed by atoms with Crippen LogP contribution in [0.2, 0.25) is 0 Å². The van der Waals surface area contributed by atoms with Gasteiger partial charge in [-0.3, -0.25) is 0 Å². The Labute approximate surface area is 53.9 Å². The van der Waals surface area contributed by atoms with E-state index in [0.717, 1.165) is 10.6 Å². The summed E-state index contributed by atoms with van der Waals surface area (Å²) in [5.41, 5.74) is 6.18. The lowest BCUT2D eigenvalue weighted by molar-refractivity contribution is 1.48. The van der Waals surface area contributed by atoms with Gasteiger partial charge in [0, 0.05) is 10.6 Å². The van der Waals surface area contributed by atoms with Crippen molar-refractivity contribution in [2.45, 2.75) is 4.90 Å². The molecule has 0 saturated carbocycles. The van der Waals surface area contributed by atoms with E-state index in [1.54, 1.807) is 0 Å². The van der Waals surface area contributed by atoms with E-state index in [-0.39, 0.29) is 0 Å². The van der Waals surface area contributed by atoms with E-state index in [2.05, 4.69) is 12.6 Å².